The predicted octanol–water partition coefficient (Wildman–Crippen LogP) is 4.84. The highest BCUT2D eigenvalue weighted by atomic mass is 32.1. The number of thiophene rings is 1. The van der Waals surface area contributed by atoms with Crippen LogP contribution < -0.4 is 10.1 Å². The first-order chi connectivity index (χ1) is 9.86. The summed E-state index contributed by atoms with van der Waals surface area (Å²) >= 11 is 1.86. The molecule has 2 aromatic heterocycles. The standard InChI is InChI=1S/C17H24N2OS/c1-12(2)20-16-14(7-6-10-18-16)19-11-13-8-9-15(21-13)17(3,4)5/h6-10,12,19H,11H2,1-5H3. The Kier molecular flexibility index (Phi) is 4.88. The van der Waals surface area contributed by atoms with E-state index < -0.39 is 0 Å². The first-order valence-electron chi connectivity index (χ1n) is 7.31. The van der Waals surface area contributed by atoms with E-state index in [1.54, 1.807) is 6.20 Å². The minimum atomic E-state index is 0.120. The largest absolute Gasteiger partial charge is 0.473 e. The van der Waals surface area contributed by atoms with Crippen molar-refractivity contribution >= 4 is 17.0 Å². The van der Waals surface area contributed by atoms with Crippen molar-refractivity contribution in [1.29, 1.82) is 0 Å². The molecule has 2 rings (SSSR count). The van der Waals surface area contributed by atoms with Crippen molar-refractivity contribution in [2.24, 2.45) is 0 Å². The highest BCUT2D eigenvalue weighted by Gasteiger charge is 2.16. The van der Waals surface area contributed by atoms with Crippen molar-refractivity contribution in [3.63, 3.8) is 0 Å². The van der Waals surface area contributed by atoms with Gasteiger partial charge in [-0.05, 0) is 43.5 Å². The van der Waals surface area contributed by atoms with Crippen molar-refractivity contribution in [1.82, 2.24) is 4.98 Å². The molecule has 114 valence electrons. The Morgan fingerprint density at radius 3 is 2.62 bits per heavy atom. The Balaban J connectivity index is 2.05. The molecule has 0 aliphatic heterocycles. The van der Waals surface area contributed by atoms with Crippen LogP contribution in [0.5, 0.6) is 5.88 Å². The summed E-state index contributed by atoms with van der Waals surface area (Å²) in [7, 11) is 0. The third-order valence-electron chi connectivity index (χ3n) is 2.97. The lowest BCUT2D eigenvalue weighted by molar-refractivity contribution is 0.234. The van der Waals surface area contributed by atoms with Gasteiger partial charge in [-0.25, -0.2) is 4.98 Å². The maximum atomic E-state index is 5.72. The zero-order valence-electron chi connectivity index (χ0n) is 13.4. The van der Waals surface area contributed by atoms with E-state index in [4.69, 9.17) is 4.74 Å². The first-order valence-corrected chi connectivity index (χ1v) is 8.12. The molecule has 1 N–H and O–H groups in total. The Hall–Kier alpha value is -1.55. The van der Waals surface area contributed by atoms with E-state index in [-0.39, 0.29) is 11.5 Å². The van der Waals surface area contributed by atoms with Gasteiger partial charge in [-0.3, -0.25) is 0 Å². The molecular formula is C17H24N2OS. The number of nitrogens with one attached hydrogen (secondary N) is 1. The van der Waals surface area contributed by atoms with Crippen LogP contribution in [-0.2, 0) is 12.0 Å². The zero-order valence-corrected chi connectivity index (χ0v) is 14.3. The molecule has 0 bridgehead atoms. The number of hydrogen-bond acceptors (Lipinski definition) is 4. The molecule has 2 aromatic rings. The van der Waals surface area contributed by atoms with E-state index in [2.05, 4.69) is 43.2 Å². The second kappa shape index (κ2) is 6.48. The van der Waals surface area contributed by atoms with Gasteiger partial charge >= 0.3 is 0 Å². The molecule has 0 aromatic carbocycles. The van der Waals surface area contributed by atoms with Gasteiger partial charge in [-0.1, -0.05) is 20.8 Å². The van der Waals surface area contributed by atoms with E-state index in [9.17, 15) is 0 Å². The van der Waals surface area contributed by atoms with Gasteiger partial charge in [0.05, 0.1) is 11.8 Å². The molecule has 0 aliphatic carbocycles. The van der Waals surface area contributed by atoms with Crippen LogP contribution in [0.4, 0.5) is 5.69 Å². The van der Waals surface area contributed by atoms with Crippen LogP contribution in [0.3, 0.4) is 0 Å². The molecule has 0 saturated carbocycles. The second-order valence-electron chi connectivity index (χ2n) is 6.39. The second-order valence-corrected chi connectivity index (χ2v) is 7.56. The SMILES string of the molecule is CC(C)Oc1ncccc1NCc1ccc(C(C)(C)C)s1. The van der Waals surface area contributed by atoms with Crippen molar-refractivity contribution in [3.8, 4) is 5.88 Å². The summed E-state index contributed by atoms with van der Waals surface area (Å²) in [6, 6.07) is 8.33. The van der Waals surface area contributed by atoms with Gasteiger partial charge in [0.1, 0.15) is 0 Å². The van der Waals surface area contributed by atoms with Crippen LogP contribution >= 0.6 is 11.3 Å². The summed E-state index contributed by atoms with van der Waals surface area (Å²) < 4.78 is 5.72. The van der Waals surface area contributed by atoms with Gasteiger partial charge in [0, 0.05) is 22.5 Å². The van der Waals surface area contributed by atoms with E-state index in [1.165, 1.54) is 9.75 Å². The molecule has 0 amide bonds. The van der Waals surface area contributed by atoms with Crippen molar-refractivity contribution in [2.45, 2.75) is 52.7 Å². The maximum absolute atomic E-state index is 5.72. The van der Waals surface area contributed by atoms with Crippen LogP contribution in [0.1, 0.15) is 44.4 Å². The van der Waals surface area contributed by atoms with Gasteiger partial charge in [0.15, 0.2) is 0 Å². The molecule has 0 spiro atoms. The summed E-state index contributed by atoms with van der Waals surface area (Å²) in [6.07, 6.45) is 1.88. The Morgan fingerprint density at radius 2 is 2.00 bits per heavy atom. The topological polar surface area (TPSA) is 34.1 Å². The Bertz CT molecular complexity index is 584. The van der Waals surface area contributed by atoms with Gasteiger partial charge in [-0.15, -0.1) is 11.3 Å². The fourth-order valence-corrected chi connectivity index (χ4v) is 2.91. The molecule has 0 aliphatic rings. The van der Waals surface area contributed by atoms with Crippen LogP contribution in [0.25, 0.3) is 0 Å². The Morgan fingerprint density at radius 1 is 1.24 bits per heavy atom. The van der Waals surface area contributed by atoms with Gasteiger partial charge in [0.25, 0.3) is 0 Å². The number of nitrogens with zero attached hydrogens (tertiary/aromatic N) is 1. The van der Waals surface area contributed by atoms with Gasteiger partial charge in [-0.2, -0.15) is 0 Å². The fourth-order valence-electron chi connectivity index (χ4n) is 1.90. The lowest BCUT2D eigenvalue weighted by atomic mass is 9.95. The van der Waals surface area contributed by atoms with Crippen molar-refractivity contribution in [3.05, 3.63) is 40.2 Å². The smallest absolute Gasteiger partial charge is 0.237 e. The predicted molar refractivity (Wildman–Crippen MR) is 90.3 cm³/mol. The van der Waals surface area contributed by atoms with Gasteiger partial charge in [0.2, 0.25) is 5.88 Å². The minimum absolute atomic E-state index is 0.120. The molecule has 3 nitrogen and oxygen atoms in total. The third kappa shape index (κ3) is 4.46. The number of ether oxygens (including phenoxy) is 1. The molecule has 0 fully saturated rings. The van der Waals surface area contributed by atoms with E-state index in [1.807, 2.05) is 37.3 Å². The van der Waals surface area contributed by atoms with E-state index in [0.717, 1.165) is 12.2 Å². The number of anilines is 1. The summed E-state index contributed by atoms with van der Waals surface area (Å²) in [6.45, 7) is 11.5. The average Bonchev–Trinajstić information content (AvgIpc) is 2.86. The molecule has 21 heavy (non-hydrogen) atoms. The minimum Gasteiger partial charge on any atom is -0.473 e. The normalized spacial score (nSPS) is 11.7. The van der Waals surface area contributed by atoms with Crippen LogP contribution in [0.15, 0.2) is 30.5 Å². The van der Waals surface area contributed by atoms with E-state index >= 15 is 0 Å². The highest BCUT2D eigenvalue weighted by molar-refractivity contribution is 7.12. The molecule has 0 saturated heterocycles. The number of rotatable bonds is 5. The fraction of sp³-hybridized carbons (Fsp3) is 0.471. The monoisotopic (exact) mass is 304 g/mol. The highest BCUT2D eigenvalue weighted by Crippen LogP contribution is 2.30. The lowest BCUT2D eigenvalue weighted by Gasteiger charge is -2.15. The average molecular weight is 304 g/mol. The molecule has 0 atom stereocenters. The number of pyridine rings is 1. The summed E-state index contributed by atoms with van der Waals surface area (Å²) in [5.41, 5.74) is 1.15. The van der Waals surface area contributed by atoms with Crippen molar-refractivity contribution in [2.75, 3.05) is 5.32 Å². The van der Waals surface area contributed by atoms with Crippen LogP contribution in [-0.4, -0.2) is 11.1 Å². The first kappa shape index (κ1) is 15.8. The van der Waals surface area contributed by atoms with Gasteiger partial charge < -0.3 is 10.1 Å². The quantitative estimate of drug-likeness (QED) is 0.858. The zero-order chi connectivity index (χ0) is 15.5. The Labute approximate surface area is 131 Å². The number of aromatic nitrogens is 1. The molecule has 0 radical (unpaired) electrons. The van der Waals surface area contributed by atoms with Crippen molar-refractivity contribution < 1.29 is 4.74 Å². The molecule has 2 heterocycles. The van der Waals surface area contributed by atoms with Crippen LogP contribution in [0.2, 0.25) is 0 Å². The molecule has 0 unspecified atom stereocenters. The summed E-state index contributed by atoms with van der Waals surface area (Å²) in [4.78, 5) is 7.02. The lowest BCUT2D eigenvalue weighted by Crippen LogP contribution is -2.09. The molecular weight excluding hydrogens is 280 g/mol. The van der Waals surface area contributed by atoms with Crippen LogP contribution in [0, 0.1) is 0 Å². The van der Waals surface area contributed by atoms with E-state index in [0.29, 0.717) is 5.88 Å². The number of hydrogen-bond donors (Lipinski definition) is 1. The third-order valence-corrected chi connectivity index (χ3v) is 4.48. The maximum Gasteiger partial charge on any atom is 0.237 e. The molecule has 4 heteroatoms. The summed E-state index contributed by atoms with van der Waals surface area (Å²) in [5.74, 6) is 0.667. The summed E-state index contributed by atoms with van der Waals surface area (Å²) in [5, 5.41) is 3.42.